The van der Waals surface area contributed by atoms with Crippen molar-refractivity contribution in [3.63, 3.8) is 0 Å². The van der Waals surface area contributed by atoms with E-state index in [1.54, 1.807) is 16.2 Å². The van der Waals surface area contributed by atoms with Crippen molar-refractivity contribution in [2.24, 2.45) is 5.73 Å². The summed E-state index contributed by atoms with van der Waals surface area (Å²) in [6, 6.07) is 11.7. The molecule has 128 valence electrons. The van der Waals surface area contributed by atoms with Gasteiger partial charge in [0, 0.05) is 35.6 Å². The summed E-state index contributed by atoms with van der Waals surface area (Å²) in [5.41, 5.74) is 8.31. The number of hydrogen-bond donors (Lipinski definition) is 2. The van der Waals surface area contributed by atoms with Crippen molar-refractivity contribution in [1.82, 2.24) is 9.88 Å². The number of rotatable bonds is 6. The van der Waals surface area contributed by atoms with Crippen molar-refractivity contribution in [2.45, 2.75) is 18.9 Å². The monoisotopic (exact) mass is 363 g/mol. The minimum atomic E-state index is -0.512. The van der Waals surface area contributed by atoms with Gasteiger partial charge in [-0.15, -0.1) is 23.7 Å². The summed E-state index contributed by atoms with van der Waals surface area (Å²) in [6.45, 7) is 0.695. The Morgan fingerprint density at radius 1 is 1.29 bits per heavy atom. The third-order valence-electron chi connectivity index (χ3n) is 4.08. The average molecular weight is 364 g/mol. The average Bonchev–Trinajstić information content (AvgIpc) is 3.22. The zero-order valence-electron chi connectivity index (χ0n) is 13.6. The molecular weight excluding hydrogens is 342 g/mol. The van der Waals surface area contributed by atoms with E-state index in [9.17, 15) is 4.79 Å². The number of aromatic nitrogens is 1. The number of para-hydroxylation sites is 1. The normalized spacial score (nSPS) is 11.9. The molecule has 0 fully saturated rings. The lowest BCUT2D eigenvalue weighted by atomic mass is 10.0. The summed E-state index contributed by atoms with van der Waals surface area (Å²) >= 11 is 1.72. The number of nitrogens with two attached hydrogens (primary N) is 1. The quantitative estimate of drug-likeness (QED) is 0.706. The van der Waals surface area contributed by atoms with E-state index in [2.05, 4.69) is 22.5 Å². The van der Waals surface area contributed by atoms with Gasteiger partial charge in [-0.2, -0.15) is 0 Å². The first-order chi connectivity index (χ1) is 11.1. The summed E-state index contributed by atoms with van der Waals surface area (Å²) in [5, 5.41) is 3.19. The number of fused-ring (bicyclic) bond motifs is 1. The fourth-order valence-electron chi connectivity index (χ4n) is 2.75. The van der Waals surface area contributed by atoms with Gasteiger partial charge in [-0.3, -0.25) is 4.79 Å². The van der Waals surface area contributed by atoms with Crippen LogP contribution in [0.4, 0.5) is 0 Å². The van der Waals surface area contributed by atoms with Gasteiger partial charge >= 0.3 is 0 Å². The van der Waals surface area contributed by atoms with Crippen molar-refractivity contribution < 1.29 is 4.79 Å². The van der Waals surface area contributed by atoms with E-state index in [4.69, 9.17) is 5.73 Å². The summed E-state index contributed by atoms with van der Waals surface area (Å²) in [4.78, 5) is 18.7. The molecule has 0 radical (unpaired) electrons. The zero-order chi connectivity index (χ0) is 16.2. The lowest BCUT2D eigenvalue weighted by molar-refractivity contribution is -0.131. The van der Waals surface area contributed by atoms with E-state index in [1.807, 2.05) is 37.5 Å². The van der Waals surface area contributed by atoms with E-state index in [-0.39, 0.29) is 18.3 Å². The summed E-state index contributed by atoms with van der Waals surface area (Å²) in [5.74, 6) is -0.00756. The zero-order valence-corrected chi connectivity index (χ0v) is 15.2. The smallest absolute Gasteiger partial charge is 0.239 e. The highest BCUT2D eigenvalue weighted by molar-refractivity contribution is 7.09. The van der Waals surface area contributed by atoms with Crippen molar-refractivity contribution in [3.05, 3.63) is 58.4 Å². The second-order valence-corrected chi connectivity index (χ2v) is 6.79. The Morgan fingerprint density at radius 2 is 2.08 bits per heavy atom. The number of aromatic amines is 1. The number of carbonyl (C=O) groups is 1. The van der Waals surface area contributed by atoms with Crippen molar-refractivity contribution in [3.8, 4) is 0 Å². The number of carbonyl (C=O) groups excluding carboxylic acids is 1. The molecule has 24 heavy (non-hydrogen) atoms. The molecule has 0 aliphatic rings. The minimum absolute atomic E-state index is 0. The number of likely N-dealkylation sites (N-methyl/N-ethyl adjacent to an activating group) is 1. The largest absolute Gasteiger partial charge is 0.361 e. The predicted molar refractivity (Wildman–Crippen MR) is 103 cm³/mol. The van der Waals surface area contributed by atoms with Crippen LogP contribution >= 0.6 is 23.7 Å². The Bertz CT molecular complexity index is 785. The highest BCUT2D eigenvalue weighted by Gasteiger charge is 2.19. The van der Waals surface area contributed by atoms with Crippen LogP contribution < -0.4 is 5.73 Å². The Kier molecular flexibility index (Phi) is 6.43. The number of nitrogens with one attached hydrogen (secondary N) is 1. The number of benzene rings is 1. The topological polar surface area (TPSA) is 62.1 Å². The molecule has 0 spiro atoms. The van der Waals surface area contributed by atoms with Crippen molar-refractivity contribution in [2.75, 3.05) is 13.6 Å². The maximum Gasteiger partial charge on any atom is 0.239 e. The van der Waals surface area contributed by atoms with Gasteiger partial charge in [-0.25, -0.2) is 0 Å². The highest BCUT2D eigenvalue weighted by Crippen LogP contribution is 2.19. The lowest BCUT2D eigenvalue weighted by Crippen LogP contribution is -2.43. The first-order valence-electron chi connectivity index (χ1n) is 7.73. The molecular formula is C18H22ClN3OS. The molecule has 2 aromatic heterocycles. The maximum absolute atomic E-state index is 12.5. The molecule has 2 heterocycles. The third kappa shape index (κ3) is 4.17. The molecule has 1 atom stereocenters. The minimum Gasteiger partial charge on any atom is -0.361 e. The van der Waals surface area contributed by atoms with Crippen molar-refractivity contribution >= 4 is 40.6 Å². The van der Waals surface area contributed by atoms with Gasteiger partial charge in [0.1, 0.15) is 0 Å². The van der Waals surface area contributed by atoms with Gasteiger partial charge in [0.05, 0.1) is 6.04 Å². The maximum atomic E-state index is 12.5. The van der Waals surface area contributed by atoms with Crippen LogP contribution in [0.1, 0.15) is 10.4 Å². The molecule has 0 aliphatic carbocycles. The summed E-state index contributed by atoms with van der Waals surface area (Å²) in [7, 11) is 1.82. The van der Waals surface area contributed by atoms with Crippen LogP contribution in [-0.2, 0) is 17.6 Å². The predicted octanol–water partition coefficient (Wildman–Crippen LogP) is 3.22. The van der Waals surface area contributed by atoms with Crippen LogP contribution in [0.2, 0.25) is 0 Å². The fourth-order valence-corrected chi connectivity index (χ4v) is 3.45. The molecule has 0 unspecified atom stereocenters. The van der Waals surface area contributed by atoms with Crippen LogP contribution in [0, 0.1) is 0 Å². The van der Waals surface area contributed by atoms with E-state index in [1.165, 1.54) is 4.88 Å². The second kappa shape index (κ2) is 8.33. The standard InChI is InChI=1S/C18H21N3OS.ClH/c1-21(9-8-14-5-4-10-23-14)18(22)16(19)11-13-12-20-17-7-3-2-6-15(13)17;/h2-7,10,12,16,20H,8-9,11,19H2,1H3;1H/t16-;/m0./s1. The number of nitrogens with zero attached hydrogens (tertiary/aromatic N) is 1. The number of halogens is 1. The van der Waals surface area contributed by atoms with Crippen LogP contribution in [0.15, 0.2) is 48.0 Å². The Balaban J connectivity index is 0.00000208. The van der Waals surface area contributed by atoms with E-state index in [0.717, 1.165) is 22.9 Å². The highest BCUT2D eigenvalue weighted by atomic mass is 35.5. The Hall–Kier alpha value is -1.82. The molecule has 0 bridgehead atoms. The molecule has 4 nitrogen and oxygen atoms in total. The van der Waals surface area contributed by atoms with E-state index < -0.39 is 6.04 Å². The van der Waals surface area contributed by atoms with Crippen LogP contribution in [-0.4, -0.2) is 35.4 Å². The number of H-pyrrole nitrogens is 1. The van der Waals surface area contributed by atoms with Crippen molar-refractivity contribution in [1.29, 1.82) is 0 Å². The fraction of sp³-hybridized carbons (Fsp3) is 0.278. The van der Waals surface area contributed by atoms with Gasteiger partial charge in [0.25, 0.3) is 0 Å². The molecule has 0 saturated heterocycles. The Morgan fingerprint density at radius 3 is 2.83 bits per heavy atom. The number of thiophene rings is 1. The van der Waals surface area contributed by atoms with Gasteiger partial charge in [0.2, 0.25) is 5.91 Å². The van der Waals surface area contributed by atoms with Gasteiger partial charge < -0.3 is 15.6 Å². The third-order valence-corrected chi connectivity index (χ3v) is 5.02. The molecule has 0 saturated carbocycles. The molecule has 0 aliphatic heterocycles. The lowest BCUT2D eigenvalue weighted by Gasteiger charge is -2.21. The molecule has 3 aromatic rings. The Labute approximate surface area is 152 Å². The van der Waals surface area contributed by atoms with Gasteiger partial charge in [-0.05, 0) is 35.9 Å². The molecule has 1 amide bonds. The second-order valence-electron chi connectivity index (χ2n) is 5.76. The van der Waals surface area contributed by atoms with Gasteiger partial charge in [-0.1, -0.05) is 24.3 Å². The summed E-state index contributed by atoms with van der Waals surface area (Å²) < 4.78 is 0. The number of amides is 1. The van der Waals surface area contributed by atoms with E-state index in [0.29, 0.717) is 13.0 Å². The summed E-state index contributed by atoms with van der Waals surface area (Å²) in [6.07, 6.45) is 3.37. The first-order valence-corrected chi connectivity index (χ1v) is 8.61. The van der Waals surface area contributed by atoms with Crippen LogP contribution in [0.5, 0.6) is 0 Å². The molecule has 6 heteroatoms. The first kappa shape index (κ1) is 18.5. The molecule has 1 aromatic carbocycles. The molecule has 3 rings (SSSR count). The number of hydrogen-bond acceptors (Lipinski definition) is 3. The van der Waals surface area contributed by atoms with Gasteiger partial charge in [0.15, 0.2) is 0 Å². The van der Waals surface area contributed by atoms with Crippen LogP contribution in [0.3, 0.4) is 0 Å². The SMILES string of the molecule is CN(CCc1cccs1)C(=O)[C@@H](N)Cc1c[nH]c2ccccc12.Cl. The van der Waals surface area contributed by atoms with Crippen LogP contribution in [0.25, 0.3) is 10.9 Å². The molecule has 3 N–H and O–H groups in total. The van der Waals surface area contributed by atoms with E-state index >= 15 is 0 Å².